The summed E-state index contributed by atoms with van der Waals surface area (Å²) in [6, 6.07) is 2.65. The van der Waals surface area contributed by atoms with Crippen LogP contribution in [-0.4, -0.2) is 10.9 Å². The molecule has 9 heteroatoms. The van der Waals surface area contributed by atoms with Crippen LogP contribution >= 0.6 is 0 Å². The van der Waals surface area contributed by atoms with Gasteiger partial charge in [-0.3, -0.25) is 15.6 Å². The number of nitrogens with one attached hydrogen (secondary N) is 2. The number of nitrogens with zero attached hydrogens (tertiary/aromatic N) is 1. The minimum Gasteiger partial charge on any atom is -0.324 e. The van der Waals surface area contributed by atoms with E-state index in [2.05, 4.69) is 10.4 Å². The van der Waals surface area contributed by atoms with E-state index < -0.39 is 34.9 Å². The Morgan fingerprint density at radius 1 is 1.10 bits per heavy atom. The topological polar surface area (TPSA) is 80.0 Å². The Labute approximate surface area is 115 Å². The van der Waals surface area contributed by atoms with Crippen LogP contribution in [0, 0.1) is 23.3 Å². The third-order valence-electron chi connectivity index (χ3n) is 2.51. The summed E-state index contributed by atoms with van der Waals surface area (Å²) >= 11 is 0. The molecule has 0 fully saturated rings. The van der Waals surface area contributed by atoms with Gasteiger partial charge in [0.25, 0.3) is 5.91 Å². The van der Waals surface area contributed by atoms with E-state index in [1.807, 2.05) is 0 Å². The predicted octanol–water partition coefficient (Wildman–Crippen LogP) is 2.18. The molecule has 0 saturated heterocycles. The van der Waals surface area contributed by atoms with Gasteiger partial charge in [0.05, 0.1) is 5.69 Å². The van der Waals surface area contributed by atoms with E-state index in [4.69, 9.17) is 5.84 Å². The number of aromatic nitrogens is 1. The fourth-order valence-electron chi connectivity index (χ4n) is 1.50. The molecule has 110 valence electrons. The van der Waals surface area contributed by atoms with Gasteiger partial charge in [0.2, 0.25) is 0 Å². The minimum absolute atomic E-state index is 0.0392. The molecule has 0 spiro atoms. The maximum absolute atomic E-state index is 13.4. The van der Waals surface area contributed by atoms with Crippen LogP contribution in [-0.2, 0) is 0 Å². The van der Waals surface area contributed by atoms with Crippen molar-refractivity contribution in [2.45, 2.75) is 0 Å². The Kier molecular flexibility index (Phi) is 4.03. The standard InChI is InChI=1S/C12H8F4N4O/c13-6-4-7(14)10(16)11(9(6)15)19-12(21)8-3-5(20-17)1-2-18-8/h1-4H,17H2,(H,18,20)(H,19,21). The van der Waals surface area contributed by atoms with Crippen LogP contribution in [0.15, 0.2) is 24.4 Å². The number of hydrazine groups is 1. The molecule has 0 aliphatic heterocycles. The van der Waals surface area contributed by atoms with Crippen molar-refractivity contribution in [1.29, 1.82) is 0 Å². The fourth-order valence-corrected chi connectivity index (χ4v) is 1.50. The molecule has 0 aliphatic carbocycles. The quantitative estimate of drug-likeness (QED) is 0.351. The molecule has 2 rings (SSSR count). The van der Waals surface area contributed by atoms with Crippen LogP contribution in [0.1, 0.15) is 10.5 Å². The highest BCUT2D eigenvalue weighted by Gasteiger charge is 2.21. The fraction of sp³-hybridized carbons (Fsp3) is 0. The van der Waals surface area contributed by atoms with Crippen LogP contribution in [0.25, 0.3) is 0 Å². The second kappa shape index (κ2) is 5.75. The van der Waals surface area contributed by atoms with Gasteiger partial charge in [-0.25, -0.2) is 17.6 Å². The van der Waals surface area contributed by atoms with Crippen LogP contribution in [0.2, 0.25) is 0 Å². The molecule has 1 heterocycles. The molecule has 1 aromatic heterocycles. The van der Waals surface area contributed by atoms with Gasteiger partial charge in [-0.15, -0.1) is 0 Å². The van der Waals surface area contributed by atoms with Crippen LogP contribution in [0.5, 0.6) is 0 Å². The average Bonchev–Trinajstić information content (AvgIpc) is 2.49. The smallest absolute Gasteiger partial charge is 0.274 e. The number of hydrogen-bond donors (Lipinski definition) is 3. The van der Waals surface area contributed by atoms with E-state index in [0.717, 1.165) is 0 Å². The molecular weight excluding hydrogens is 292 g/mol. The van der Waals surface area contributed by atoms with Crippen molar-refractivity contribution < 1.29 is 22.4 Å². The molecule has 0 saturated carbocycles. The van der Waals surface area contributed by atoms with Crippen molar-refractivity contribution in [3.8, 4) is 0 Å². The van der Waals surface area contributed by atoms with Gasteiger partial charge in [-0.1, -0.05) is 0 Å². The minimum atomic E-state index is -1.71. The molecule has 0 radical (unpaired) electrons. The molecule has 0 atom stereocenters. The molecule has 0 aliphatic rings. The Morgan fingerprint density at radius 2 is 1.71 bits per heavy atom. The second-order valence-corrected chi connectivity index (χ2v) is 3.87. The number of nitrogen functional groups attached to an aromatic ring is 1. The van der Waals surface area contributed by atoms with E-state index in [1.165, 1.54) is 18.3 Å². The molecule has 1 aromatic carbocycles. The summed E-state index contributed by atoms with van der Waals surface area (Å²) in [6.45, 7) is 0. The van der Waals surface area contributed by atoms with Gasteiger partial charge in [0, 0.05) is 12.3 Å². The molecule has 5 nitrogen and oxygen atoms in total. The van der Waals surface area contributed by atoms with E-state index in [0.29, 0.717) is 5.69 Å². The monoisotopic (exact) mass is 300 g/mol. The number of nitrogens with two attached hydrogens (primary N) is 1. The largest absolute Gasteiger partial charge is 0.324 e. The molecule has 4 N–H and O–H groups in total. The summed E-state index contributed by atoms with van der Waals surface area (Å²) in [6.07, 6.45) is 1.21. The Balaban J connectivity index is 2.36. The summed E-state index contributed by atoms with van der Waals surface area (Å²) < 4.78 is 52.9. The summed E-state index contributed by atoms with van der Waals surface area (Å²) in [5.41, 5.74) is 1.06. The molecule has 2 aromatic rings. The van der Waals surface area contributed by atoms with Crippen molar-refractivity contribution in [3.63, 3.8) is 0 Å². The zero-order valence-corrected chi connectivity index (χ0v) is 10.3. The third-order valence-corrected chi connectivity index (χ3v) is 2.51. The van der Waals surface area contributed by atoms with E-state index in [9.17, 15) is 22.4 Å². The summed E-state index contributed by atoms with van der Waals surface area (Å²) in [7, 11) is 0. The first-order valence-corrected chi connectivity index (χ1v) is 5.51. The number of amides is 1. The summed E-state index contributed by atoms with van der Waals surface area (Å²) in [5, 5.41) is 1.73. The predicted molar refractivity (Wildman–Crippen MR) is 66.3 cm³/mol. The zero-order valence-electron chi connectivity index (χ0n) is 10.3. The Hall–Kier alpha value is -2.68. The number of anilines is 2. The molecular formula is C12H8F4N4O. The number of halogens is 4. The highest BCUT2D eigenvalue weighted by Crippen LogP contribution is 2.24. The second-order valence-electron chi connectivity index (χ2n) is 3.87. The maximum atomic E-state index is 13.4. The molecule has 21 heavy (non-hydrogen) atoms. The third kappa shape index (κ3) is 2.92. The number of benzene rings is 1. The van der Waals surface area contributed by atoms with E-state index >= 15 is 0 Å². The number of hydrogen-bond acceptors (Lipinski definition) is 4. The highest BCUT2D eigenvalue weighted by atomic mass is 19.2. The SMILES string of the molecule is NNc1ccnc(C(=O)Nc2c(F)c(F)cc(F)c2F)c1. The maximum Gasteiger partial charge on any atom is 0.274 e. The lowest BCUT2D eigenvalue weighted by molar-refractivity contribution is 0.102. The normalized spacial score (nSPS) is 10.3. The number of carbonyl (C=O) groups excluding carboxylic acids is 1. The van der Waals surface area contributed by atoms with Crippen LogP contribution in [0.4, 0.5) is 28.9 Å². The molecule has 1 amide bonds. The number of carbonyl (C=O) groups is 1. The first-order valence-electron chi connectivity index (χ1n) is 5.51. The van der Waals surface area contributed by atoms with Gasteiger partial charge in [-0.05, 0) is 12.1 Å². The Morgan fingerprint density at radius 3 is 2.29 bits per heavy atom. The van der Waals surface area contributed by atoms with Crippen molar-refractivity contribution in [3.05, 3.63) is 53.4 Å². The summed E-state index contributed by atoms with van der Waals surface area (Å²) in [5.74, 6) is -2.61. The van der Waals surface area contributed by atoms with Gasteiger partial charge < -0.3 is 10.7 Å². The van der Waals surface area contributed by atoms with Gasteiger partial charge in [0.1, 0.15) is 11.4 Å². The van der Waals surface area contributed by atoms with Crippen molar-refractivity contribution in [2.24, 2.45) is 5.84 Å². The number of pyridine rings is 1. The van der Waals surface area contributed by atoms with Crippen LogP contribution in [0.3, 0.4) is 0 Å². The van der Waals surface area contributed by atoms with Crippen LogP contribution < -0.4 is 16.6 Å². The van der Waals surface area contributed by atoms with Gasteiger partial charge in [-0.2, -0.15) is 0 Å². The average molecular weight is 300 g/mol. The van der Waals surface area contributed by atoms with Crippen molar-refractivity contribution in [1.82, 2.24) is 4.98 Å². The van der Waals surface area contributed by atoms with Gasteiger partial charge >= 0.3 is 0 Å². The highest BCUT2D eigenvalue weighted by molar-refractivity contribution is 6.03. The Bertz CT molecular complexity index is 682. The molecule has 0 unspecified atom stereocenters. The first-order chi connectivity index (χ1) is 9.93. The van der Waals surface area contributed by atoms with Crippen molar-refractivity contribution in [2.75, 3.05) is 10.7 Å². The van der Waals surface area contributed by atoms with Gasteiger partial charge in [0.15, 0.2) is 23.3 Å². The number of rotatable bonds is 3. The first kappa shape index (κ1) is 14.7. The zero-order chi connectivity index (χ0) is 15.6. The lowest BCUT2D eigenvalue weighted by atomic mass is 10.2. The van der Waals surface area contributed by atoms with E-state index in [1.54, 1.807) is 5.32 Å². The van der Waals surface area contributed by atoms with Crippen molar-refractivity contribution >= 4 is 17.3 Å². The van der Waals surface area contributed by atoms with E-state index in [-0.39, 0.29) is 11.8 Å². The molecule has 0 bridgehead atoms. The lowest BCUT2D eigenvalue weighted by Crippen LogP contribution is -2.18. The summed E-state index contributed by atoms with van der Waals surface area (Å²) in [4.78, 5) is 15.4. The lowest BCUT2D eigenvalue weighted by Gasteiger charge is -2.09.